The van der Waals surface area contributed by atoms with Crippen LogP contribution in [0.2, 0.25) is 0 Å². The van der Waals surface area contributed by atoms with Gasteiger partial charge in [0.15, 0.2) is 0 Å². The molecule has 0 aromatic heterocycles. The summed E-state index contributed by atoms with van der Waals surface area (Å²) in [6.45, 7) is 0.771. The summed E-state index contributed by atoms with van der Waals surface area (Å²) in [5, 5.41) is 8.19. The van der Waals surface area contributed by atoms with Gasteiger partial charge in [0.2, 0.25) is 5.91 Å². The van der Waals surface area contributed by atoms with Crippen LogP contribution in [0.25, 0.3) is 0 Å². The molecular formula is C9H20N2O2. The van der Waals surface area contributed by atoms with E-state index < -0.39 is 0 Å². The maximum atomic E-state index is 10.6. The fraction of sp³-hybridized carbons (Fsp3) is 0.889. The molecule has 0 saturated carbocycles. The van der Waals surface area contributed by atoms with Gasteiger partial charge in [-0.2, -0.15) is 0 Å². The average molecular weight is 188 g/mol. The molecule has 4 nitrogen and oxygen atoms in total. The quantitative estimate of drug-likeness (QED) is 0.304. The maximum Gasteiger partial charge on any atom is 0.243 e. The Morgan fingerprint density at radius 1 is 1.08 bits per heavy atom. The zero-order valence-electron chi connectivity index (χ0n) is 8.09. The summed E-state index contributed by atoms with van der Waals surface area (Å²) in [5.41, 5.74) is 6.97. The van der Waals surface area contributed by atoms with Crippen LogP contribution in [0, 0.1) is 0 Å². The van der Waals surface area contributed by atoms with E-state index in [1.807, 2.05) is 0 Å². The molecule has 0 unspecified atom stereocenters. The minimum Gasteiger partial charge on any atom is -0.330 e. The van der Waals surface area contributed by atoms with Crippen molar-refractivity contribution in [1.29, 1.82) is 0 Å². The molecule has 0 heterocycles. The highest BCUT2D eigenvalue weighted by atomic mass is 16.5. The highest BCUT2D eigenvalue weighted by Crippen LogP contribution is 2.06. The number of nitrogens with one attached hydrogen (secondary N) is 1. The molecule has 0 aliphatic heterocycles. The number of amides is 1. The summed E-state index contributed by atoms with van der Waals surface area (Å²) in [4.78, 5) is 10.6. The minimum atomic E-state index is -0.290. The first-order chi connectivity index (χ1) is 6.31. The number of carbonyl (C=O) groups excluding carboxylic acids is 1. The Kier molecular flexibility index (Phi) is 9.03. The third kappa shape index (κ3) is 9.30. The predicted molar refractivity (Wildman–Crippen MR) is 51.3 cm³/mol. The van der Waals surface area contributed by atoms with Gasteiger partial charge in [0.05, 0.1) is 0 Å². The van der Waals surface area contributed by atoms with Gasteiger partial charge in [-0.1, -0.05) is 25.7 Å². The summed E-state index contributed by atoms with van der Waals surface area (Å²) < 4.78 is 0. The molecule has 0 spiro atoms. The zero-order valence-corrected chi connectivity index (χ0v) is 8.09. The molecule has 0 rings (SSSR count). The predicted octanol–water partition coefficient (Wildman–Crippen LogP) is 1.18. The first-order valence-electron chi connectivity index (χ1n) is 4.94. The van der Waals surface area contributed by atoms with Crippen molar-refractivity contribution in [3.05, 3.63) is 0 Å². The van der Waals surface area contributed by atoms with E-state index in [-0.39, 0.29) is 5.91 Å². The van der Waals surface area contributed by atoms with Crippen LogP contribution in [-0.2, 0) is 4.79 Å². The molecule has 0 aliphatic carbocycles. The molecule has 4 heteroatoms. The number of rotatable bonds is 8. The standard InChI is InChI=1S/C9H20N2O2/c10-8-6-4-2-1-3-5-7-9(12)11-13/h13H,1-8,10H2,(H,11,12). The number of nitrogens with two attached hydrogens (primary N) is 1. The summed E-state index contributed by atoms with van der Waals surface area (Å²) >= 11 is 0. The van der Waals surface area contributed by atoms with Crippen molar-refractivity contribution in [2.45, 2.75) is 44.9 Å². The molecule has 0 aromatic rings. The van der Waals surface area contributed by atoms with E-state index in [9.17, 15) is 4.79 Å². The van der Waals surface area contributed by atoms with E-state index >= 15 is 0 Å². The Hall–Kier alpha value is -0.610. The lowest BCUT2D eigenvalue weighted by molar-refractivity contribution is -0.129. The Morgan fingerprint density at radius 3 is 2.15 bits per heavy atom. The summed E-state index contributed by atoms with van der Waals surface area (Å²) in [6.07, 6.45) is 6.96. The van der Waals surface area contributed by atoms with Gasteiger partial charge in [-0.05, 0) is 19.4 Å². The zero-order chi connectivity index (χ0) is 9.94. The molecule has 0 saturated heterocycles. The molecule has 0 aliphatic rings. The molecule has 0 bridgehead atoms. The van der Waals surface area contributed by atoms with Crippen molar-refractivity contribution in [2.75, 3.05) is 6.54 Å². The lowest BCUT2D eigenvalue weighted by atomic mass is 10.1. The Morgan fingerprint density at radius 2 is 1.62 bits per heavy atom. The Labute approximate surface area is 79.5 Å². The van der Waals surface area contributed by atoms with Gasteiger partial charge >= 0.3 is 0 Å². The number of carbonyl (C=O) groups is 1. The fourth-order valence-electron chi connectivity index (χ4n) is 1.19. The van der Waals surface area contributed by atoms with Crippen LogP contribution < -0.4 is 11.2 Å². The Balaban J connectivity index is 2.95. The van der Waals surface area contributed by atoms with Crippen molar-refractivity contribution in [3.63, 3.8) is 0 Å². The van der Waals surface area contributed by atoms with Crippen molar-refractivity contribution in [2.24, 2.45) is 5.73 Å². The van der Waals surface area contributed by atoms with Gasteiger partial charge < -0.3 is 5.73 Å². The Bertz CT molecular complexity index is 129. The number of unbranched alkanes of at least 4 members (excludes halogenated alkanes) is 5. The SMILES string of the molecule is NCCCCCCCCC(=O)NO. The molecule has 0 radical (unpaired) electrons. The van der Waals surface area contributed by atoms with Gasteiger partial charge in [-0.25, -0.2) is 5.48 Å². The molecule has 0 atom stereocenters. The minimum absolute atomic E-state index is 0.290. The van der Waals surface area contributed by atoms with E-state index in [1.54, 1.807) is 5.48 Å². The lowest BCUT2D eigenvalue weighted by Crippen LogP contribution is -2.17. The normalized spacial score (nSPS) is 10.0. The van der Waals surface area contributed by atoms with Crippen LogP contribution in [0.15, 0.2) is 0 Å². The highest BCUT2D eigenvalue weighted by molar-refractivity contribution is 5.74. The van der Waals surface area contributed by atoms with Gasteiger partial charge in [0.1, 0.15) is 0 Å². The average Bonchev–Trinajstić information content (AvgIpc) is 2.16. The van der Waals surface area contributed by atoms with Crippen molar-refractivity contribution in [1.82, 2.24) is 5.48 Å². The fourth-order valence-corrected chi connectivity index (χ4v) is 1.19. The van der Waals surface area contributed by atoms with Crippen LogP contribution in [0.4, 0.5) is 0 Å². The van der Waals surface area contributed by atoms with Crippen LogP contribution in [0.1, 0.15) is 44.9 Å². The third-order valence-electron chi connectivity index (χ3n) is 1.98. The molecule has 1 amide bonds. The molecule has 78 valence electrons. The second-order valence-corrected chi connectivity index (χ2v) is 3.19. The van der Waals surface area contributed by atoms with Crippen LogP contribution in [-0.4, -0.2) is 17.7 Å². The highest BCUT2D eigenvalue weighted by Gasteiger charge is 1.97. The van der Waals surface area contributed by atoms with Gasteiger partial charge in [0.25, 0.3) is 0 Å². The molecule has 0 fully saturated rings. The topological polar surface area (TPSA) is 75.4 Å². The summed E-state index contributed by atoms with van der Waals surface area (Å²) in [5.74, 6) is -0.290. The maximum absolute atomic E-state index is 10.6. The van der Waals surface area contributed by atoms with E-state index in [4.69, 9.17) is 10.9 Å². The number of hydroxylamine groups is 1. The van der Waals surface area contributed by atoms with E-state index in [2.05, 4.69) is 0 Å². The lowest BCUT2D eigenvalue weighted by Gasteiger charge is -2.00. The van der Waals surface area contributed by atoms with E-state index in [1.165, 1.54) is 12.8 Å². The molecular weight excluding hydrogens is 168 g/mol. The summed E-state index contributed by atoms with van der Waals surface area (Å²) in [7, 11) is 0. The third-order valence-corrected chi connectivity index (χ3v) is 1.98. The first-order valence-corrected chi connectivity index (χ1v) is 4.94. The van der Waals surface area contributed by atoms with Gasteiger partial charge in [0, 0.05) is 6.42 Å². The van der Waals surface area contributed by atoms with Gasteiger partial charge in [-0.3, -0.25) is 10.0 Å². The summed E-state index contributed by atoms with van der Waals surface area (Å²) in [6, 6.07) is 0. The second-order valence-electron chi connectivity index (χ2n) is 3.19. The van der Waals surface area contributed by atoms with Crippen LogP contribution in [0.3, 0.4) is 0 Å². The smallest absolute Gasteiger partial charge is 0.243 e. The largest absolute Gasteiger partial charge is 0.330 e. The molecule has 0 aromatic carbocycles. The van der Waals surface area contributed by atoms with Gasteiger partial charge in [-0.15, -0.1) is 0 Å². The molecule has 4 N–H and O–H groups in total. The van der Waals surface area contributed by atoms with Crippen molar-refractivity contribution >= 4 is 5.91 Å². The number of hydrogen-bond donors (Lipinski definition) is 3. The number of hydrogen-bond acceptors (Lipinski definition) is 3. The van der Waals surface area contributed by atoms with Crippen molar-refractivity contribution in [3.8, 4) is 0 Å². The first kappa shape index (κ1) is 12.4. The van der Waals surface area contributed by atoms with Crippen molar-refractivity contribution < 1.29 is 10.0 Å². The molecule has 13 heavy (non-hydrogen) atoms. The van der Waals surface area contributed by atoms with E-state index in [0.717, 1.165) is 32.2 Å². The van der Waals surface area contributed by atoms with Crippen LogP contribution >= 0.6 is 0 Å². The monoisotopic (exact) mass is 188 g/mol. The van der Waals surface area contributed by atoms with E-state index in [0.29, 0.717) is 6.42 Å². The van der Waals surface area contributed by atoms with Crippen LogP contribution in [0.5, 0.6) is 0 Å². The second kappa shape index (κ2) is 9.48.